The van der Waals surface area contributed by atoms with Crippen molar-refractivity contribution in [2.24, 2.45) is 5.73 Å². The lowest BCUT2D eigenvalue weighted by atomic mass is 9.89. The molecule has 1 aromatic heterocycles. The van der Waals surface area contributed by atoms with Gasteiger partial charge in [-0.2, -0.15) is 4.98 Å². The zero-order valence-corrected chi connectivity index (χ0v) is 16.4. The topological polar surface area (TPSA) is 123 Å². The number of nitrogens with two attached hydrogens (primary N) is 1. The van der Waals surface area contributed by atoms with Gasteiger partial charge < -0.3 is 20.9 Å². The second-order valence-corrected chi connectivity index (χ2v) is 6.89. The first-order valence-electron chi connectivity index (χ1n) is 9.06. The van der Waals surface area contributed by atoms with Gasteiger partial charge in [0.05, 0.1) is 0 Å². The van der Waals surface area contributed by atoms with E-state index >= 15 is 0 Å². The first-order chi connectivity index (χ1) is 11.9. The monoisotopic (exact) mass is 387 g/mol. The molecule has 1 fully saturated rings. The SMILES string of the molecule is CC(=O)NC1(c2noc(CCC(=O)N[C@@H](C)CN)n2)CCCCCC1.Cl. The molecule has 0 radical (unpaired) electrons. The molecule has 0 spiro atoms. The van der Waals surface area contributed by atoms with E-state index in [2.05, 4.69) is 20.8 Å². The van der Waals surface area contributed by atoms with E-state index in [9.17, 15) is 9.59 Å². The molecule has 8 nitrogen and oxygen atoms in total. The van der Waals surface area contributed by atoms with Crippen LogP contribution < -0.4 is 16.4 Å². The second-order valence-electron chi connectivity index (χ2n) is 6.89. The Morgan fingerprint density at radius 2 is 1.92 bits per heavy atom. The zero-order chi connectivity index (χ0) is 18.3. The third-order valence-corrected chi connectivity index (χ3v) is 4.60. The molecule has 148 valence electrons. The first-order valence-corrected chi connectivity index (χ1v) is 9.06. The fourth-order valence-corrected chi connectivity index (χ4v) is 3.25. The van der Waals surface area contributed by atoms with Gasteiger partial charge in [-0.15, -0.1) is 12.4 Å². The third-order valence-electron chi connectivity index (χ3n) is 4.60. The number of hydrogen-bond acceptors (Lipinski definition) is 6. The van der Waals surface area contributed by atoms with Gasteiger partial charge in [0, 0.05) is 32.4 Å². The van der Waals surface area contributed by atoms with Crippen LogP contribution in [0.3, 0.4) is 0 Å². The molecule has 1 saturated carbocycles. The van der Waals surface area contributed by atoms with Crippen LogP contribution in [0.15, 0.2) is 4.52 Å². The van der Waals surface area contributed by atoms with Crippen molar-refractivity contribution in [3.05, 3.63) is 11.7 Å². The molecule has 1 aliphatic carbocycles. The van der Waals surface area contributed by atoms with E-state index in [1.165, 1.54) is 6.92 Å². The van der Waals surface area contributed by atoms with E-state index in [0.717, 1.165) is 38.5 Å². The molecule has 9 heteroatoms. The summed E-state index contributed by atoms with van der Waals surface area (Å²) in [7, 11) is 0. The largest absolute Gasteiger partial charge is 0.352 e. The average molecular weight is 388 g/mol. The minimum Gasteiger partial charge on any atom is -0.352 e. The Hall–Kier alpha value is -1.67. The molecule has 0 unspecified atom stereocenters. The van der Waals surface area contributed by atoms with Gasteiger partial charge in [0.2, 0.25) is 17.7 Å². The Morgan fingerprint density at radius 1 is 1.27 bits per heavy atom. The maximum Gasteiger partial charge on any atom is 0.227 e. The number of nitrogens with one attached hydrogen (secondary N) is 2. The third kappa shape index (κ3) is 6.25. The second kappa shape index (κ2) is 10.5. The number of hydrogen-bond donors (Lipinski definition) is 3. The predicted molar refractivity (Wildman–Crippen MR) is 99.7 cm³/mol. The predicted octanol–water partition coefficient (Wildman–Crippen LogP) is 1.57. The molecule has 0 aromatic carbocycles. The summed E-state index contributed by atoms with van der Waals surface area (Å²) in [5, 5.41) is 9.96. The fraction of sp³-hybridized carbons (Fsp3) is 0.765. The lowest BCUT2D eigenvalue weighted by molar-refractivity contribution is -0.122. The Labute approximate surface area is 160 Å². The van der Waals surface area contributed by atoms with Crippen LogP contribution in [0.25, 0.3) is 0 Å². The van der Waals surface area contributed by atoms with Crippen LogP contribution >= 0.6 is 12.4 Å². The van der Waals surface area contributed by atoms with Crippen molar-refractivity contribution >= 4 is 24.2 Å². The summed E-state index contributed by atoms with van der Waals surface area (Å²) in [6.45, 7) is 3.76. The van der Waals surface area contributed by atoms with Gasteiger partial charge in [0.15, 0.2) is 5.82 Å². The molecule has 1 atom stereocenters. The van der Waals surface area contributed by atoms with E-state index in [-0.39, 0.29) is 36.7 Å². The lowest BCUT2D eigenvalue weighted by Gasteiger charge is -2.30. The highest BCUT2D eigenvalue weighted by Gasteiger charge is 2.38. The normalized spacial score (nSPS) is 17.5. The Kier molecular flexibility index (Phi) is 9.01. The van der Waals surface area contributed by atoms with Crippen LogP contribution in [0.5, 0.6) is 0 Å². The molecule has 2 amide bonds. The van der Waals surface area contributed by atoms with Gasteiger partial charge >= 0.3 is 0 Å². The molecule has 0 bridgehead atoms. The van der Waals surface area contributed by atoms with Crippen molar-refractivity contribution in [1.29, 1.82) is 0 Å². The van der Waals surface area contributed by atoms with Crippen molar-refractivity contribution < 1.29 is 14.1 Å². The molecule has 1 aliphatic rings. The average Bonchev–Trinajstić information content (AvgIpc) is 2.93. The maximum atomic E-state index is 11.8. The Bertz CT molecular complexity index is 585. The number of carbonyl (C=O) groups excluding carboxylic acids is 2. The quantitative estimate of drug-likeness (QED) is 0.610. The van der Waals surface area contributed by atoms with Crippen LogP contribution in [0, 0.1) is 0 Å². The van der Waals surface area contributed by atoms with Crippen molar-refractivity contribution in [3.8, 4) is 0 Å². The summed E-state index contributed by atoms with van der Waals surface area (Å²) >= 11 is 0. The summed E-state index contributed by atoms with van der Waals surface area (Å²) in [6.07, 6.45) is 6.57. The van der Waals surface area contributed by atoms with E-state index in [4.69, 9.17) is 10.3 Å². The molecular weight excluding hydrogens is 358 g/mol. The fourth-order valence-electron chi connectivity index (χ4n) is 3.25. The Balaban J connectivity index is 0.00000338. The van der Waals surface area contributed by atoms with Crippen LogP contribution in [-0.2, 0) is 21.5 Å². The van der Waals surface area contributed by atoms with Gasteiger partial charge in [-0.05, 0) is 19.8 Å². The molecule has 2 rings (SSSR count). The number of rotatable bonds is 7. The van der Waals surface area contributed by atoms with Crippen molar-refractivity contribution in [2.75, 3.05) is 6.54 Å². The molecule has 1 heterocycles. The highest BCUT2D eigenvalue weighted by Crippen LogP contribution is 2.34. The smallest absolute Gasteiger partial charge is 0.227 e. The zero-order valence-electron chi connectivity index (χ0n) is 15.5. The number of amides is 2. The molecule has 1 aromatic rings. The summed E-state index contributed by atoms with van der Waals surface area (Å²) in [5.74, 6) is 0.752. The van der Waals surface area contributed by atoms with Crippen LogP contribution in [0.4, 0.5) is 0 Å². The highest BCUT2D eigenvalue weighted by atomic mass is 35.5. The van der Waals surface area contributed by atoms with Crippen molar-refractivity contribution in [1.82, 2.24) is 20.8 Å². The Morgan fingerprint density at radius 3 is 2.50 bits per heavy atom. The van der Waals surface area contributed by atoms with Crippen LogP contribution in [0.2, 0.25) is 0 Å². The summed E-state index contributed by atoms with van der Waals surface area (Å²) in [5.41, 5.74) is 4.94. The minimum atomic E-state index is -0.555. The summed E-state index contributed by atoms with van der Waals surface area (Å²) in [4.78, 5) is 28.0. The first kappa shape index (κ1) is 22.4. The van der Waals surface area contributed by atoms with Gasteiger partial charge in [-0.3, -0.25) is 9.59 Å². The molecular formula is C17H30ClN5O3. The standard InChI is InChI=1S/C17H29N5O3.ClH/c1-12(11-18)19-14(24)7-8-15-20-16(22-25-15)17(21-13(2)23)9-5-3-4-6-10-17;/h12H,3-11,18H2,1-2H3,(H,19,24)(H,21,23);1H/t12-;/m0./s1. The van der Waals surface area contributed by atoms with E-state index in [1.807, 2.05) is 6.92 Å². The summed E-state index contributed by atoms with van der Waals surface area (Å²) < 4.78 is 5.33. The van der Waals surface area contributed by atoms with Gasteiger partial charge in [-0.1, -0.05) is 30.8 Å². The van der Waals surface area contributed by atoms with E-state index in [1.54, 1.807) is 0 Å². The number of aromatic nitrogens is 2. The molecule has 4 N–H and O–H groups in total. The maximum absolute atomic E-state index is 11.8. The van der Waals surface area contributed by atoms with E-state index in [0.29, 0.717) is 24.7 Å². The molecule has 26 heavy (non-hydrogen) atoms. The van der Waals surface area contributed by atoms with Gasteiger partial charge in [0.25, 0.3) is 0 Å². The number of nitrogens with zero attached hydrogens (tertiary/aromatic N) is 2. The molecule has 0 aliphatic heterocycles. The van der Waals surface area contributed by atoms with E-state index < -0.39 is 5.54 Å². The minimum absolute atomic E-state index is 0. The van der Waals surface area contributed by atoms with Crippen LogP contribution in [0.1, 0.15) is 70.5 Å². The highest BCUT2D eigenvalue weighted by molar-refractivity contribution is 5.85. The molecule has 0 saturated heterocycles. The van der Waals surface area contributed by atoms with Gasteiger partial charge in [0.1, 0.15) is 5.54 Å². The van der Waals surface area contributed by atoms with Crippen LogP contribution in [-0.4, -0.2) is 34.5 Å². The number of aryl methyl sites for hydroxylation is 1. The summed E-state index contributed by atoms with van der Waals surface area (Å²) in [6, 6.07) is -0.0558. The number of carbonyl (C=O) groups is 2. The van der Waals surface area contributed by atoms with Crippen molar-refractivity contribution in [3.63, 3.8) is 0 Å². The van der Waals surface area contributed by atoms with Gasteiger partial charge in [-0.25, -0.2) is 0 Å². The lowest BCUT2D eigenvalue weighted by Crippen LogP contribution is -2.45. The van der Waals surface area contributed by atoms with Crippen molar-refractivity contribution in [2.45, 2.75) is 76.8 Å². The number of halogens is 1.